The zero-order valence-electron chi connectivity index (χ0n) is 9.37. The number of hydrogen-bond acceptors (Lipinski definition) is 2. The predicted octanol–water partition coefficient (Wildman–Crippen LogP) is 3.16. The van der Waals surface area contributed by atoms with Gasteiger partial charge in [0.25, 0.3) is 0 Å². The second-order valence-electron chi connectivity index (χ2n) is 3.83. The van der Waals surface area contributed by atoms with Gasteiger partial charge in [-0.2, -0.15) is 0 Å². The van der Waals surface area contributed by atoms with Crippen molar-refractivity contribution in [2.45, 2.75) is 19.5 Å². The van der Waals surface area contributed by atoms with Crippen LogP contribution in [-0.4, -0.2) is 9.97 Å². The molecule has 0 saturated carbocycles. The third kappa shape index (κ3) is 3.14. The molecular weight excluding hydrogens is 285 g/mol. The maximum atomic E-state index is 13.0. The minimum atomic E-state index is -0.243. The molecule has 0 fully saturated rings. The highest BCUT2D eigenvalue weighted by atomic mass is 79.9. The van der Waals surface area contributed by atoms with Gasteiger partial charge in [-0.25, -0.2) is 9.37 Å². The predicted molar refractivity (Wildman–Crippen MR) is 67.9 cm³/mol. The van der Waals surface area contributed by atoms with E-state index >= 15 is 0 Å². The number of aromatic amines is 1. The monoisotopic (exact) mass is 297 g/mol. The molecule has 17 heavy (non-hydrogen) atoms. The summed E-state index contributed by atoms with van der Waals surface area (Å²) in [4.78, 5) is 7.22. The van der Waals surface area contributed by atoms with E-state index in [1.807, 2.05) is 6.92 Å². The summed E-state index contributed by atoms with van der Waals surface area (Å²) in [5.74, 6) is 0.652. The first-order chi connectivity index (χ1) is 8.16. The summed E-state index contributed by atoms with van der Waals surface area (Å²) in [5.41, 5.74) is 1.02. The summed E-state index contributed by atoms with van der Waals surface area (Å²) in [6.45, 7) is 2.69. The highest BCUT2D eigenvalue weighted by Crippen LogP contribution is 2.17. The van der Waals surface area contributed by atoms with Crippen LogP contribution >= 0.6 is 15.9 Å². The smallest absolute Gasteiger partial charge is 0.137 e. The van der Waals surface area contributed by atoms with Gasteiger partial charge < -0.3 is 10.3 Å². The van der Waals surface area contributed by atoms with Crippen LogP contribution in [0.3, 0.4) is 0 Å². The number of nitrogens with one attached hydrogen (secondary N) is 2. The number of nitrogens with zero attached hydrogens (tertiary/aromatic N) is 1. The van der Waals surface area contributed by atoms with Crippen LogP contribution < -0.4 is 5.32 Å². The van der Waals surface area contributed by atoms with Crippen molar-refractivity contribution < 1.29 is 4.39 Å². The lowest BCUT2D eigenvalue weighted by Gasteiger charge is -2.11. The Kier molecular flexibility index (Phi) is 3.91. The van der Waals surface area contributed by atoms with Crippen LogP contribution in [0.2, 0.25) is 0 Å². The van der Waals surface area contributed by atoms with Gasteiger partial charge in [0.05, 0.1) is 10.5 Å². The molecule has 0 amide bonds. The minimum absolute atomic E-state index is 0.133. The molecule has 5 heteroatoms. The van der Waals surface area contributed by atoms with Crippen molar-refractivity contribution in [3.63, 3.8) is 0 Å². The largest absolute Gasteiger partial charge is 0.347 e. The number of rotatable bonds is 4. The van der Waals surface area contributed by atoms with E-state index in [1.165, 1.54) is 6.07 Å². The molecule has 0 aliphatic carbocycles. The molecule has 1 aromatic carbocycles. The normalized spacial score (nSPS) is 12.6. The van der Waals surface area contributed by atoms with E-state index in [4.69, 9.17) is 0 Å². The topological polar surface area (TPSA) is 40.7 Å². The molecule has 2 aromatic rings. The Bertz CT molecular complexity index is 485. The van der Waals surface area contributed by atoms with Gasteiger partial charge in [-0.3, -0.25) is 0 Å². The van der Waals surface area contributed by atoms with Gasteiger partial charge in [0.2, 0.25) is 0 Å². The van der Waals surface area contributed by atoms with E-state index in [1.54, 1.807) is 24.5 Å². The highest BCUT2D eigenvalue weighted by molar-refractivity contribution is 9.10. The summed E-state index contributed by atoms with van der Waals surface area (Å²) in [6.07, 6.45) is 3.52. The van der Waals surface area contributed by atoms with Gasteiger partial charge in [-0.1, -0.05) is 6.07 Å². The van der Waals surface area contributed by atoms with Crippen LogP contribution in [0.25, 0.3) is 0 Å². The van der Waals surface area contributed by atoms with Crippen LogP contribution in [0.4, 0.5) is 4.39 Å². The molecule has 0 aliphatic heterocycles. The maximum Gasteiger partial charge on any atom is 0.137 e. The maximum absolute atomic E-state index is 13.0. The second kappa shape index (κ2) is 5.42. The first-order valence-electron chi connectivity index (χ1n) is 5.33. The van der Waals surface area contributed by atoms with E-state index in [0.717, 1.165) is 11.4 Å². The van der Waals surface area contributed by atoms with Gasteiger partial charge in [0.15, 0.2) is 0 Å². The number of imidazole rings is 1. The number of halogens is 2. The third-order valence-electron chi connectivity index (χ3n) is 2.53. The quantitative estimate of drug-likeness (QED) is 0.910. The Morgan fingerprint density at radius 1 is 1.53 bits per heavy atom. The molecule has 2 rings (SSSR count). The fourth-order valence-corrected chi connectivity index (χ4v) is 1.96. The Balaban J connectivity index is 1.96. The first kappa shape index (κ1) is 12.3. The Labute approximate surface area is 108 Å². The molecule has 3 nitrogen and oxygen atoms in total. The van der Waals surface area contributed by atoms with Gasteiger partial charge in [-0.05, 0) is 40.5 Å². The lowest BCUT2D eigenvalue weighted by atomic mass is 10.2. The van der Waals surface area contributed by atoms with Crippen molar-refractivity contribution >= 4 is 15.9 Å². The van der Waals surface area contributed by atoms with Gasteiger partial charge in [0.1, 0.15) is 11.6 Å². The average Bonchev–Trinajstić information content (AvgIpc) is 2.84. The number of hydrogen-bond donors (Lipinski definition) is 2. The van der Waals surface area contributed by atoms with Crippen molar-refractivity contribution in [1.29, 1.82) is 0 Å². The Morgan fingerprint density at radius 3 is 3.00 bits per heavy atom. The molecule has 0 saturated heterocycles. The molecular formula is C12H13BrFN3. The third-order valence-corrected chi connectivity index (χ3v) is 3.13. The summed E-state index contributed by atoms with van der Waals surface area (Å²) in [7, 11) is 0. The molecule has 0 radical (unpaired) electrons. The van der Waals surface area contributed by atoms with E-state index in [-0.39, 0.29) is 11.9 Å². The van der Waals surface area contributed by atoms with Crippen LogP contribution in [0.5, 0.6) is 0 Å². The Hall–Kier alpha value is -1.20. The van der Waals surface area contributed by atoms with Crippen LogP contribution in [0.15, 0.2) is 35.1 Å². The van der Waals surface area contributed by atoms with Crippen molar-refractivity contribution in [3.8, 4) is 0 Å². The number of benzene rings is 1. The lowest BCUT2D eigenvalue weighted by molar-refractivity contribution is 0.549. The zero-order chi connectivity index (χ0) is 12.3. The lowest BCUT2D eigenvalue weighted by Crippen LogP contribution is -2.19. The molecule has 2 N–H and O–H groups in total. The minimum Gasteiger partial charge on any atom is -0.347 e. The van der Waals surface area contributed by atoms with E-state index in [2.05, 4.69) is 31.2 Å². The number of aromatic nitrogens is 2. The fraction of sp³-hybridized carbons (Fsp3) is 0.250. The van der Waals surface area contributed by atoms with E-state index in [0.29, 0.717) is 11.0 Å². The fourth-order valence-electron chi connectivity index (χ4n) is 1.53. The zero-order valence-corrected chi connectivity index (χ0v) is 11.0. The van der Waals surface area contributed by atoms with Crippen molar-refractivity contribution in [2.24, 2.45) is 0 Å². The summed E-state index contributed by atoms with van der Waals surface area (Å²) >= 11 is 3.17. The molecule has 0 bridgehead atoms. The molecule has 1 aromatic heterocycles. The number of H-pyrrole nitrogens is 1. The van der Waals surface area contributed by atoms with Crippen LogP contribution in [-0.2, 0) is 6.54 Å². The molecule has 0 spiro atoms. The standard InChI is InChI=1S/C12H13BrFN3/c1-8(12-15-4-5-16-12)17-7-9-2-3-11(14)10(13)6-9/h2-6,8,17H,7H2,1H3,(H,15,16). The van der Waals surface area contributed by atoms with Crippen molar-refractivity contribution in [2.75, 3.05) is 0 Å². The van der Waals surface area contributed by atoms with E-state index in [9.17, 15) is 4.39 Å². The van der Waals surface area contributed by atoms with Crippen molar-refractivity contribution in [3.05, 3.63) is 52.3 Å². The molecule has 1 atom stereocenters. The SMILES string of the molecule is CC(NCc1ccc(F)c(Br)c1)c1ncc[nH]1. The van der Waals surface area contributed by atoms with Crippen LogP contribution in [0.1, 0.15) is 24.4 Å². The molecule has 0 aliphatic rings. The van der Waals surface area contributed by atoms with Crippen molar-refractivity contribution in [1.82, 2.24) is 15.3 Å². The van der Waals surface area contributed by atoms with Crippen LogP contribution in [0, 0.1) is 5.82 Å². The molecule has 1 unspecified atom stereocenters. The first-order valence-corrected chi connectivity index (χ1v) is 6.12. The second-order valence-corrected chi connectivity index (χ2v) is 4.68. The highest BCUT2D eigenvalue weighted by Gasteiger charge is 2.07. The summed E-state index contributed by atoms with van der Waals surface area (Å²) < 4.78 is 13.5. The molecule has 90 valence electrons. The van der Waals surface area contributed by atoms with Gasteiger partial charge in [-0.15, -0.1) is 0 Å². The van der Waals surface area contributed by atoms with Gasteiger partial charge in [0, 0.05) is 18.9 Å². The Morgan fingerprint density at radius 2 is 2.35 bits per heavy atom. The van der Waals surface area contributed by atoms with Gasteiger partial charge >= 0.3 is 0 Å². The van der Waals surface area contributed by atoms with E-state index < -0.39 is 0 Å². The summed E-state index contributed by atoms with van der Waals surface area (Å²) in [6, 6.07) is 5.13. The summed E-state index contributed by atoms with van der Waals surface area (Å²) in [5, 5.41) is 3.31. The molecule has 1 heterocycles. The average molecular weight is 298 g/mol.